The summed E-state index contributed by atoms with van der Waals surface area (Å²) in [6.45, 7) is 2.30. The normalized spacial score (nSPS) is 12.1. The monoisotopic (exact) mass is 433 g/mol. The Kier molecular flexibility index (Phi) is 7.52. The predicted octanol–water partition coefficient (Wildman–Crippen LogP) is 5.61. The zero-order valence-electron chi connectivity index (χ0n) is 16.4. The molecule has 0 aromatic heterocycles. The fourth-order valence-corrected chi connectivity index (χ4v) is 2.96. The van der Waals surface area contributed by atoms with Crippen LogP contribution in [-0.2, 0) is 34.8 Å². The van der Waals surface area contributed by atoms with Crippen LogP contribution in [0.4, 0.5) is 26.3 Å². The van der Waals surface area contributed by atoms with Gasteiger partial charge in [-0.15, -0.1) is 0 Å². The second-order valence-corrected chi connectivity index (χ2v) is 6.64. The molecular formula is C21H21F6NO2. The molecule has 1 N–H and O–H groups in total. The third-order valence-corrected chi connectivity index (χ3v) is 4.47. The molecule has 0 amide bonds. The average molecular weight is 433 g/mol. The van der Waals surface area contributed by atoms with E-state index in [1.165, 1.54) is 19.2 Å². The highest BCUT2D eigenvalue weighted by molar-refractivity contribution is 5.71. The van der Waals surface area contributed by atoms with Crippen LogP contribution in [0, 0.1) is 0 Å². The number of hydrogen-bond acceptors (Lipinski definition) is 3. The van der Waals surface area contributed by atoms with Gasteiger partial charge in [0.15, 0.2) is 0 Å². The maximum Gasteiger partial charge on any atom is 0.416 e. The highest BCUT2D eigenvalue weighted by Gasteiger charge is 2.33. The summed E-state index contributed by atoms with van der Waals surface area (Å²) in [7, 11) is 1.18. The average Bonchev–Trinajstić information content (AvgIpc) is 2.68. The van der Waals surface area contributed by atoms with E-state index in [-0.39, 0.29) is 41.6 Å². The molecule has 30 heavy (non-hydrogen) atoms. The van der Waals surface area contributed by atoms with E-state index in [4.69, 9.17) is 0 Å². The number of carbonyl (C=O) groups excluding carboxylic acids is 1. The van der Waals surface area contributed by atoms with Crippen molar-refractivity contribution in [3.8, 4) is 11.1 Å². The number of methoxy groups -OCH3 is 1. The van der Waals surface area contributed by atoms with Gasteiger partial charge in [0.05, 0.1) is 18.2 Å². The molecule has 3 nitrogen and oxygen atoms in total. The molecule has 0 heterocycles. The van der Waals surface area contributed by atoms with Crippen LogP contribution in [-0.4, -0.2) is 19.6 Å². The van der Waals surface area contributed by atoms with Crippen molar-refractivity contribution in [1.82, 2.24) is 5.32 Å². The lowest BCUT2D eigenvalue weighted by molar-refractivity contribution is -0.140. The zero-order valence-corrected chi connectivity index (χ0v) is 16.4. The van der Waals surface area contributed by atoms with Gasteiger partial charge in [-0.3, -0.25) is 4.79 Å². The summed E-state index contributed by atoms with van der Waals surface area (Å²) < 4.78 is 84.0. The molecule has 2 rings (SSSR count). The maximum absolute atomic E-state index is 13.4. The van der Waals surface area contributed by atoms with Gasteiger partial charge in [-0.25, -0.2) is 0 Å². The Morgan fingerprint density at radius 1 is 0.967 bits per heavy atom. The largest absolute Gasteiger partial charge is 0.469 e. The molecule has 2 aromatic rings. The van der Waals surface area contributed by atoms with Crippen LogP contribution < -0.4 is 5.32 Å². The minimum Gasteiger partial charge on any atom is -0.469 e. The van der Waals surface area contributed by atoms with Gasteiger partial charge >= 0.3 is 18.3 Å². The first-order valence-corrected chi connectivity index (χ1v) is 9.15. The van der Waals surface area contributed by atoms with Crippen LogP contribution in [0.2, 0.25) is 0 Å². The summed E-state index contributed by atoms with van der Waals surface area (Å²) in [6, 6.07) is 6.25. The van der Waals surface area contributed by atoms with E-state index >= 15 is 0 Å². The number of nitrogens with one attached hydrogen (secondary N) is 1. The van der Waals surface area contributed by atoms with Gasteiger partial charge in [0.1, 0.15) is 0 Å². The zero-order chi connectivity index (χ0) is 22.5. The molecule has 2 aromatic carbocycles. The fraction of sp³-hybridized carbons (Fsp3) is 0.381. The van der Waals surface area contributed by atoms with Crippen LogP contribution >= 0.6 is 0 Å². The lowest BCUT2D eigenvalue weighted by Crippen LogP contribution is -2.14. The van der Waals surface area contributed by atoms with E-state index in [2.05, 4.69) is 10.1 Å². The van der Waals surface area contributed by atoms with Gasteiger partial charge in [-0.1, -0.05) is 19.1 Å². The minimum absolute atomic E-state index is 0.00672. The van der Waals surface area contributed by atoms with Crippen molar-refractivity contribution in [3.05, 3.63) is 58.7 Å². The Bertz CT molecular complexity index is 890. The molecule has 0 aliphatic rings. The molecule has 0 fully saturated rings. The van der Waals surface area contributed by atoms with E-state index in [1.807, 2.05) is 0 Å². The van der Waals surface area contributed by atoms with Crippen molar-refractivity contribution in [1.29, 1.82) is 0 Å². The Balaban J connectivity index is 2.58. The van der Waals surface area contributed by atoms with E-state index in [0.29, 0.717) is 6.54 Å². The molecular weight excluding hydrogens is 412 g/mol. The summed E-state index contributed by atoms with van der Waals surface area (Å²) in [5, 5.41) is 2.91. The number of rotatable bonds is 7. The molecule has 0 radical (unpaired) electrons. The van der Waals surface area contributed by atoms with Crippen molar-refractivity contribution in [2.75, 3.05) is 13.7 Å². The lowest BCUT2D eigenvalue weighted by atomic mass is 9.93. The number of carbonyl (C=O) groups is 1. The first kappa shape index (κ1) is 23.7. The summed E-state index contributed by atoms with van der Waals surface area (Å²) in [5.41, 5.74) is -0.962. The van der Waals surface area contributed by atoms with Crippen molar-refractivity contribution in [2.45, 2.75) is 38.7 Å². The maximum atomic E-state index is 13.4. The first-order valence-electron chi connectivity index (χ1n) is 9.15. The van der Waals surface area contributed by atoms with Gasteiger partial charge in [-0.05, 0) is 59.5 Å². The summed E-state index contributed by atoms with van der Waals surface area (Å²) in [5.74, 6) is -0.573. The standard InChI is InChI=1S/C21H21F6NO2/c1-3-28-12-15-11-16(20(22,23)24)5-6-18(15)14-8-13(4-7-19(29)30-2)9-17(10-14)21(25,26)27/h5-6,8-11,28H,3-4,7,12H2,1-2H3. The Hall–Kier alpha value is -2.55. The van der Waals surface area contributed by atoms with Gasteiger partial charge < -0.3 is 10.1 Å². The van der Waals surface area contributed by atoms with E-state index in [0.717, 1.165) is 24.3 Å². The van der Waals surface area contributed by atoms with Crippen molar-refractivity contribution < 1.29 is 35.9 Å². The molecule has 0 unspecified atom stereocenters. The minimum atomic E-state index is -4.65. The molecule has 0 aliphatic carbocycles. The second-order valence-electron chi connectivity index (χ2n) is 6.64. The number of halogens is 6. The smallest absolute Gasteiger partial charge is 0.416 e. The Morgan fingerprint density at radius 2 is 1.63 bits per heavy atom. The van der Waals surface area contributed by atoms with Gasteiger partial charge in [0, 0.05) is 13.0 Å². The first-order chi connectivity index (χ1) is 14.0. The molecule has 0 saturated heterocycles. The number of ether oxygens (including phenoxy) is 1. The van der Waals surface area contributed by atoms with Gasteiger partial charge in [0.2, 0.25) is 0 Å². The lowest BCUT2D eigenvalue weighted by Gasteiger charge is -2.17. The second kappa shape index (κ2) is 9.51. The van der Waals surface area contributed by atoms with E-state index in [1.54, 1.807) is 6.92 Å². The number of hydrogen-bond donors (Lipinski definition) is 1. The third-order valence-electron chi connectivity index (χ3n) is 4.47. The van der Waals surface area contributed by atoms with Crippen LogP contribution in [0.25, 0.3) is 11.1 Å². The molecule has 0 bridgehead atoms. The topological polar surface area (TPSA) is 38.3 Å². The molecule has 0 saturated carbocycles. The number of aryl methyl sites for hydroxylation is 1. The number of benzene rings is 2. The summed E-state index contributed by atoms with van der Waals surface area (Å²) in [6.07, 6.45) is -9.33. The predicted molar refractivity (Wildman–Crippen MR) is 99.6 cm³/mol. The Labute approximate surface area is 170 Å². The van der Waals surface area contributed by atoms with Gasteiger partial charge in [0.25, 0.3) is 0 Å². The molecule has 164 valence electrons. The molecule has 9 heteroatoms. The SMILES string of the molecule is CCNCc1cc(C(F)(F)F)ccc1-c1cc(CCC(=O)OC)cc(C(F)(F)F)c1. The fourth-order valence-electron chi connectivity index (χ4n) is 2.96. The highest BCUT2D eigenvalue weighted by Crippen LogP contribution is 2.37. The van der Waals surface area contributed by atoms with Crippen LogP contribution in [0.15, 0.2) is 36.4 Å². The molecule has 0 atom stereocenters. The third kappa shape index (κ3) is 6.22. The van der Waals surface area contributed by atoms with Crippen LogP contribution in [0.3, 0.4) is 0 Å². The Morgan fingerprint density at radius 3 is 2.20 bits per heavy atom. The van der Waals surface area contributed by atoms with Crippen LogP contribution in [0.5, 0.6) is 0 Å². The van der Waals surface area contributed by atoms with E-state index in [9.17, 15) is 31.1 Å². The molecule has 0 aliphatic heterocycles. The van der Waals surface area contributed by atoms with Crippen molar-refractivity contribution in [3.63, 3.8) is 0 Å². The highest BCUT2D eigenvalue weighted by atomic mass is 19.4. The number of alkyl halides is 6. The van der Waals surface area contributed by atoms with E-state index < -0.39 is 29.4 Å². The van der Waals surface area contributed by atoms with Gasteiger partial charge in [-0.2, -0.15) is 26.3 Å². The summed E-state index contributed by atoms with van der Waals surface area (Å²) in [4.78, 5) is 11.4. The number of esters is 1. The molecule has 0 spiro atoms. The summed E-state index contributed by atoms with van der Waals surface area (Å²) >= 11 is 0. The van der Waals surface area contributed by atoms with Crippen molar-refractivity contribution >= 4 is 5.97 Å². The van der Waals surface area contributed by atoms with Crippen LogP contribution in [0.1, 0.15) is 35.6 Å². The van der Waals surface area contributed by atoms with Crippen molar-refractivity contribution in [2.24, 2.45) is 0 Å². The quantitative estimate of drug-likeness (QED) is 0.456.